The Morgan fingerprint density at radius 1 is 0.913 bits per heavy atom. The SMILES string of the molecule is COc1cc(CNC(C)c2cc(C)ccc2OC)cc(OC)c1. The van der Waals surface area contributed by atoms with Crippen LogP contribution in [0, 0.1) is 6.92 Å². The molecule has 0 aliphatic rings. The van der Waals surface area contributed by atoms with Crippen molar-refractivity contribution < 1.29 is 14.2 Å². The van der Waals surface area contributed by atoms with Gasteiger partial charge in [0.25, 0.3) is 0 Å². The molecule has 23 heavy (non-hydrogen) atoms. The van der Waals surface area contributed by atoms with Gasteiger partial charge in [0.2, 0.25) is 0 Å². The van der Waals surface area contributed by atoms with Crippen LogP contribution >= 0.6 is 0 Å². The molecule has 0 aromatic heterocycles. The minimum atomic E-state index is 0.169. The van der Waals surface area contributed by atoms with Gasteiger partial charge in [-0.05, 0) is 37.6 Å². The number of rotatable bonds is 7. The van der Waals surface area contributed by atoms with Gasteiger partial charge < -0.3 is 19.5 Å². The van der Waals surface area contributed by atoms with Crippen molar-refractivity contribution in [3.63, 3.8) is 0 Å². The summed E-state index contributed by atoms with van der Waals surface area (Å²) in [5, 5.41) is 3.53. The Morgan fingerprint density at radius 2 is 1.57 bits per heavy atom. The lowest BCUT2D eigenvalue weighted by atomic mass is 10.0. The molecule has 4 nitrogen and oxygen atoms in total. The summed E-state index contributed by atoms with van der Waals surface area (Å²) < 4.78 is 16.1. The minimum absolute atomic E-state index is 0.169. The maximum atomic E-state index is 5.47. The van der Waals surface area contributed by atoms with E-state index in [4.69, 9.17) is 14.2 Å². The van der Waals surface area contributed by atoms with Crippen LogP contribution in [0.3, 0.4) is 0 Å². The second kappa shape index (κ2) is 7.88. The van der Waals surface area contributed by atoms with Gasteiger partial charge in [0, 0.05) is 24.2 Å². The van der Waals surface area contributed by atoms with Gasteiger partial charge in [-0.25, -0.2) is 0 Å². The molecule has 2 aromatic rings. The summed E-state index contributed by atoms with van der Waals surface area (Å²) >= 11 is 0. The summed E-state index contributed by atoms with van der Waals surface area (Å²) in [6.45, 7) is 4.93. The maximum absolute atomic E-state index is 5.47. The van der Waals surface area contributed by atoms with Crippen molar-refractivity contribution >= 4 is 0 Å². The number of nitrogens with one attached hydrogen (secondary N) is 1. The minimum Gasteiger partial charge on any atom is -0.497 e. The standard InChI is InChI=1S/C19H25NO3/c1-13-6-7-19(23-5)18(8-13)14(2)20-12-15-9-16(21-3)11-17(10-15)22-4/h6-11,14,20H,12H2,1-5H3. The van der Waals surface area contributed by atoms with Crippen molar-refractivity contribution in [2.24, 2.45) is 0 Å². The van der Waals surface area contributed by atoms with E-state index in [1.54, 1.807) is 21.3 Å². The van der Waals surface area contributed by atoms with Crippen LogP contribution in [0.2, 0.25) is 0 Å². The summed E-state index contributed by atoms with van der Waals surface area (Å²) in [4.78, 5) is 0. The zero-order valence-corrected chi connectivity index (χ0v) is 14.5. The number of methoxy groups -OCH3 is 3. The summed E-state index contributed by atoms with van der Waals surface area (Å²) in [7, 11) is 5.02. The van der Waals surface area contributed by atoms with Gasteiger partial charge in [0.05, 0.1) is 21.3 Å². The van der Waals surface area contributed by atoms with E-state index in [0.717, 1.165) is 28.4 Å². The fraction of sp³-hybridized carbons (Fsp3) is 0.368. The molecule has 0 saturated carbocycles. The van der Waals surface area contributed by atoms with Gasteiger partial charge in [-0.2, -0.15) is 0 Å². The molecule has 0 fully saturated rings. The van der Waals surface area contributed by atoms with E-state index in [2.05, 4.69) is 31.3 Å². The van der Waals surface area contributed by atoms with Crippen LogP contribution in [-0.4, -0.2) is 21.3 Å². The van der Waals surface area contributed by atoms with Gasteiger partial charge in [-0.1, -0.05) is 17.7 Å². The topological polar surface area (TPSA) is 39.7 Å². The molecule has 0 aliphatic heterocycles. The van der Waals surface area contributed by atoms with Crippen molar-refractivity contribution in [2.75, 3.05) is 21.3 Å². The largest absolute Gasteiger partial charge is 0.497 e. The predicted octanol–water partition coefficient (Wildman–Crippen LogP) is 3.87. The number of ether oxygens (including phenoxy) is 3. The van der Waals surface area contributed by atoms with Gasteiger partial charge in [-0.3, -0.25) is 0 Å². The highest BCUT2D eigenvalue weighted by molar-refractivity contribution is 5.40. The van der Waals surface area contributed by atoms with Gasteiger partial charge in [-0.15, -0.1) is 0 Å². The number of hydrogen-bond donors (Lipinski definition) is 1. The molecule has 0 aliphatic carbocycles. The van der Waals surface area contributed by atoms with Crippen molar-refractivity contribution in [2.45, 2.75) is 26.4 Å². The first kappa shape index (κ1) is 17.2. The van der Waals surface area contributed by atoms with Crippen molar-refractivity contribution in [3.05, 3.63) is 53.1 Å². The van der Waals surface area contributed by atoms with E-state index in [0.29, 0.717) is 6.54 Å². The smallest absolute Gasteiger partial charge is 0.123 e. The Balaban J connectivity index is 2.13. The molecule has 1 unspecified atom stereocenters. The Labute approximate surface area is 138 Å². The molecule has 4 heteroatoms. The molecule has 0 spiro atoms. The van der Waals surface area contributed by atoms with E-state index in [9.17, 15) is 0 Å². The van der Waals surface area contributed by atoms with Gasteiger partial charge in [0.15, 0.2) is 0 Å². The van der Waals surface area contributed by atoms with Crippen LogP contribution < -0.4 is 19.5 Å². The lowest BCUT2D eigenvalue weighted by molar-refractivity contribution is 0.392. The maximum Gasteiger partial charge on any atom is 0.123 e. The summed E-state index contributed by atoms with van der Waals surface area (Å²) in [5.41, 5.74) is 3.49. The molecule has 0 bridgehead atoms. The summed E-state index contributed by atoms with van der Waals surface area (Å²) in [5.74, 6) is 2.49. The van der Waals surface area contributed by atoms with E-state index in [1.165, 1.54) is 5.56 Å². The molecule has 2 rings (SSSR count). The molecule has 0 saturated heterocycles. The molecule has 0 radical (unpaired) electrons. The molecule has 1 N–H and O–H groups in total. The van der Waals surface area contributed by atoms with Crippen LogP contribution in [0.25, 0.3) is 0 Å². The molecular weight excluding hydrogens is 290 g/mol. The molecule has 0 heterocycles. The second-order valence-corrected chi connectivity index (χ2v) is 5.57. The summed E-state index contributed by atoms with van der Waals surface area (Å²) in [6, 6.07) is 12.3. The van der Waals surface area contributed by atoms with Crippen LogP contribution in [0.5, 0.6) is 17.2 Å². The Kier molecular flexibility index (Phi) is 5.88. The molecule has 2 aromatic carbocycles. The highest BCUT2D eigenvalue weighted by atomic mass is 16.5. The fourth-order valence-electron chi connectivity index (χ4n) is 2.54. The average Bonchev–Trinajstić information content (AvgIpc) is 2.59. The molecule has 124 valence electrons. The number of hydrogen-bond acceptors (Lipinski definition) is 4. The highest BCUT2D eigenvalue weighted by Gasteiger charge is 2.12. The van der Waals surface area contributed by atoms with Crippen LogP contribution in [0.1, 0.15) is 29.7 Å². The Bertz CT molecular complexity index is 633. The zero-order chi connectivity index (χ0) is 16.8. The van der Waals surface area contributed by atoms with Crippen molar-refractivity contribution in [1.82, 2.24) is 5.32 Å². The summed E-state index contributed by atoms with van der Waals surface area (Å²) in [6.07, 6.45) is 0. The van der Waals surface area contributed by atoms with E-state index in [-0.39, 0.29) is 6.04 Å². The van der Waals surface area contributed by atoms with Crippen molar-refractivity contribution in [3.8, 4) is 17.2 Å². The van der Waals surface area contributed by atoms with E-state index < -0.39 is 0 Å². The molecule has 0 amide bonds. The van der Waals surface area contributed by atoms with E-state index >= 15 is 0 Å². The third kappa shape index (κ3) is 4.39. The van der Waals surface area contributed by atoms with Gasteiger partial charge >= 0.3 is 0 Å². The molecular formula is C19H25NO3. The fourth-order valence-corrected chi connectivity index (χ4v) is 2.54. The number of aryl methyl sites for hydroxylation is 1. The van der Waals surface area contributed by atoms with Gasteiger partial charge in [0.1, 0.15) is 17.2 Å². The third-order valence-corrected chi connectivity index (χ3v) is 3.88. The Hall–Kier alpha value is -2.20. The zero-order valence-electron chi connectivity index (χ0n) is 14.5. The normalized spacial score (nSPS) is 11.9. The lowest BCUT2D eigenvalue weighted by Crippen LogP contribution is -2.19. The first-order valence-electron chi connectivity index (χ1n) is 7.67. The Morgan fingerprint density at radius 3 is 2.13 bits per heavy atom. The molecule has 1 atom stereocenters. The number of benzene rings is 2. The monoisotopic (exact) mass is 315 g/mol. The van der Waals surface area contributed by atoms with Crippen LogP contribution in [0.15, 0.2) is 36.4 Å². The first-order chi connectivity index (χ1) is 11.1. The van der Waals surface area contributed by atoms with E-state index in [1.807, 2.05) is 24.3 Å². The second-order valence-electron chi connectivity index (χ2n) is 5.57. The van der Waals surface area contributed by atoms with Crippen LogP contribution in [0.4, 0.5) is 0 Å². The average molecular weight is 315 g/mol. The lowest BCUT2D eigenvalue weighted by Gasteiger charge is -2.18. The van der Waals surface area contributed by atoms with Crippen LogP contribution in [-0.2, 0) is 6.54 Å². The third-order valence-electron chi connectivity index (χ3n) is 3.88. The quantitative estimate of drug-likeness (QED) is 0.842. The predicted molar refractivity (Wildman–Crippen MR) is 92.5 cm³/mol. The highest BCUT2D eigenvalue weighted by Crippen LogP contribution is 2.27. The van der Waals surface area contributed by atoms with Crippen molar-refractivity contribution in [1.29, 1.82) is 0 Å². The first-order valence-corrected chi connectivity index (χ1v) is 7.67.